The lowest BCUT2D eigenvalue weighted by Crippen LogP contribution is -2.51. The molecule has 0 unspecified atom stereocenters. The van der Waals surface area contributed by atoms with E-state index in [1.807, 2.05) is 30.3 Å². The number of carbonyl (C=O) groups excluding carboxylic acids is 1. The second kappa shape index (κ2) is 10.5. The molecule has 1 heterocycles. The Morgan fingerprint density at radius 2 is 1.74 bits per heavy atom. The summed E-state index contributed by atoms with van der Waals surface area (Å²) in [7, 11) is -3.72. The standard InChI is InChI=1S/C22H25Cl2N3O3S/c1-31(29,30)27(21-16-19(23)9-10-20(21)24)17-22(28)26-14-12-25(13-15-26)11-5-8-18-6-3-2-4-7-18/h2-10,16H,11-15,17H2,1H3. The molecule has 0 spiro atoms. The summed E-state index contributed by atoms with van der Waals surface area (Å²) in [5.74, 6) is -0.263. The molecule has 1 aliphatic rings. The third-order valence-electron chi connectivity index (χ3n) is 5.05. The minimum absolute atomic E-state index is 0.203. The summed E-state index contributed by atoms with van der Waals surface area (Å²) in [5.41, 5.74) is 1.35. The molecule has 2 aromatic rings. The zero-order chi connectivity index (χ0) is 22.4. The second-order valence-corrected chi connectivity index (χ2v) is 10.1. The number of amides is 1. The van der Waals surface area contributed by atoms with Gasteiger partial charge in [-0.25, -0.2) is 8.42 Å². The molecular weight excluding hydrogens is 457 g/mol. The van der Waals surface area contributed by atoms with Crippen molar-refractivity contribution in [3.8, 4) is 0 Å². The maximum absolute atomic E-state index is 12.8. The molecule has 0 aliphatic carbocycles. The number of halogens is 2. The van der Waals surface area contributed by atoms with Crippen LogP contribution < -0.4 is 4.31 Å². The van der Waals surface area contributed by atoms with Crippen LogP contribution in [0.4, 0.5) is 5.69 Å². The highest BCUT2D eigenvalue weighted by Crippen LogP contribution is 2.30. The SMILES string of the molecule is CS(=O)(=O)N(CC(=O)N1CCN(CC=Cc2ccccc2)CC1)c1cc(Cl)ccc1Cl. The van der Waals surface area contributed by atoms with Crippen molar-refractivity contribution < 1.29 is 13.2 Å². The number of hydrogen-bond acceptors (Lipinski definition) is 4. The molecule has 0 radical (unpaired) electrons. The highest BCUT2D eigenvalue weighted by Gasteiger charge is 2.27. The van der Waals surface area contributed by atoms with E-state index in [-0.39, 0.29) is 23.2 Å². The van der Waals surface area contributed by atoms with Gasteiger partial charge >= 0.3 is 0 Å². The van der Waals surface area contributed by atoms with E-state index < -0.39 is 10.0 Å². The molecule has 0 aromatic heterocycles. The molecule has 0 atom stereocenters. The summed E-state index contributed by atoms with van der Waals surface area (Å²) in [4.78, 5) is 16.8. The molecular formula is C22H25Cl2N3O3S. The first-order valence-corrected chi connectivity index (χ1v) is 12.5. The van der Waals surface area contributed by atoms with Crippen LogP contribution in [0.1, 0.15) is 5.56 Å². The Bertz CT molecular complexity index is 1040. The van der Waals surface area contributed by atoms with Gasteiger partial charge in [-0.05, 0) is 23.8 Å². The Balaban J connectivity index is 1.58. The summed E-state index contributed by atoms with van der Waals surface area (Å²) < 4.78 is 25.7. The molecule has 0 N–H and O–H groups in total. The summed E-state index contributed by atoms with van der Waals surface area (Å²) in [6.45, 7) is 3.01. The van der Waals surface area contributed by atoms with Crippen LogP contribution in [0.25, 0.3) is 6.08 Å². The molecule has 6 nitrogen and oxygen atoms in total. The van der Waals surface area contributed by atoms with E-state index >= 15 is 0 Å². The Kier molecular flexibility index (Phi) is 8.00. The number of nitrogens with zero attached hydrogens (tertiary/aromatic N) is 3. The number of hydrogen-bond donors (Lipinski definition) is 0. The second-order valence-electron chi connectivity index (χ2n) is 7.36. The fraction of sp³-hybridized carbons (Fsp3) is 0.318. The number of rotatable bonds is 7. The van der Waals surface area contributed by atoms with Crippen LogP contribution in [0.15, 0.2) is 54.6 Å². The smallest absolute Gasteiger partial charge is 0.243 e. The number of piperazine rings is 1. The first-order valence-electron chi connectivity index (χ1n) is 9.88. The van der Waals surface area contributed by atoms with Gasteiger partial charge < -0.3 is 4.90 Å². The zero-order valence-corrected chi connectivity index (χ0v) is 19.6. The molecule has 2 aromatic carbocycles. The molecule has 31 heavy (non-hydrogen) atoms. The van der Waals surface area contributed by atoms with Gasteiger partial charge in [0.05, 0.1) is 17.0 Å². The molecule has 3 rings (SSSR count). The van der Waals surface area contributed by atoms with Crippen LogP contribution in [-0.2, 0) is 14.8 Å². The Morgan fingerprint density at radius 3 is 2.39 bits per heavy atom. The summed E-state index contributed by atoms with van der Waals surface area (Å²) in [6.07, 6.45) is 5.24. The van der Waals surface area contributed by atoms with Crippen molar-refractivity contribution in [2.24, 2.45) is 0 Å². The Hall–Kier alpha value is -2.06. The highest BCUT2D eigenvalue weighted by molar-refractivity contribution is 7.92. The Labute approximate surface area is 193 Å². The summed E-state index contributed by atoms with van der Waals surface area (Å²) in [6, 6.07) is 14.6. The lowest BCUT2D eigenvalue weighted by molar-refractivity contribution is -0.131. The van der Waals surface area contributed by atoms with E-state index in [9.17, 15) is 13.2 Å². The first kappa shape index (κ1) is 23.6. The number of carbonyl (C=O) groups is 1. The van der Waals surface area contributed by atoms with E-state index in [0.717, 1.165) is 35.8 Å². The summed E-state index contributed by atoms with van der Waals surface area (Å²) in [5, 5.41) is 0.565. The van der Waals surface area contributed by atoms with Crippen LogP contribution >= 0.6 is 23.2 Å². The number of anilines is 1. The largest absolute Gasteiger partial charge is 0.339 e. The van der Waals surface area contributed by atoms with E-state index in [1.165, 1.54) is 12.1 Å². The lowest BCUT2D eigenvalue weighted by Gasteiger charge is -2.35. The van der Waals surface area contributed by atoms with Gasteiger partial charge in [0.25, 0.3) is 0 Å². The highest BCUT2D eigenvalue weighted by atomic mass is 35.5. The van der Waals surface area contributed by atoms with Crippen LogP contribution in [0.5, 0.6) is 0 Å². The normalized spacial score (nSPS) is 15.4. The summed E-state index contributed by atoms with van der Waals surface area (Å²) >= 11 is 12.2. The third kappa shape index (κ3) is 6.71. The van der Waals surface area contributed by atoms with Crippen LogP contribution in [0.3, 0.4) is 0 Å². The van der Waals surface area contributed by atoms with Gasteiger partial charge in [-0.15, -0.1) is 0 Å². The van der Waals surface area contributed by atoms with Crippen molar-refractivity contribution in [2.45, 2.75) is 0 Å². The predicted molar refractivity (Wildman–Crippen MR) is 127 cm³/mol. The minimum Gasteiger partial charge on any atom is -0.339 e. The zero-order valence-electron chi connectivity index (χ0n) is 17.2. The molecule has 166 valence electrons. The maximum Gasteiger partial charge on any atom is 0.243 e. The topological polar surface area (TPSA) is 60.9 Å². The molecule has 1 fully saturated rings. The molecule has 0 bridgehead atoms. The molecule has 1 amide bonds. The molecule has 9 heteroatoms. The lowest BCUT2D eigenvalue weighted by atomic mass is 10.2. The van der Waals surface area contributed by atoms with Gasteiger partial charge in [0.1, 0.15) is 6.54 Å². The van der Waals surface area contributed by atoms with Crippen molar-refractivity contribution in [3.63, 3.8) is 0 Å². The number of benzene rings is 2. The van der Waals surface area contributed by atoms with E-state index in [0.29, 0.717) is 18.1 Å². The van der Waals surface area contributed by atoms with Crippen molar-refractivity contribution in [3.05, 3.63) is 70.2 Å². The van der Waals surface area contributed by atoms with Crippen LogP contribution in [0.2, 0.25) is 10.0 Å². The van der Waals surface area contributed by atoms with E-state index in [1.54, 1.807) is 11.0 Å². The monoisotopic (exact) mass is 481 g/mol. The van der Waals surface area contributed by atoms with Gasteiger partial charge in [0.15, 0.2) is 0 Å². The predicted octanol–water partition coefficient (Wildman–Crippen LogP) is 3.62. The fourth-order valence-corrected chi connectivity index (χ4v) is 4.65. The third-order valence-corrected chi connectivity index (χ3v) is 6.74. The number of sulfonamides is 1. The van der Waals surface area contributed by atoms with Gasteiger partial charge in [-0.1, -0.05) is 65.7 Å². The van der Waals surface area contributed by atoms with Gasteiger partial charge in [-0.2, -0.15) is 0 Å². The average Bonchev–Trinajstić information content (AvgIpc) is 2.74. The first-order chi connectivity index (χ1) is 14.7. The van der Waals surface area contributed by atoms with E-state index in [2.05, 4.69) is 17.1 Å². The molecule has 1 aliphatic heterocycles. The molecule has 0 saturated carbocycles. The van der Waals surface area contributed by atoms with Gasteiger partial charge in [-0.3, -0.25) is 14.0 Å². The van der Waals surface area contributed by atoms with Crippen LogP contribution in [0, 0.1) is 0 Å². The van der Waals surface area contributed by atoms with Crippen molar-refractivity contribution >= 4 is 50.9 Å². The average molecular weight is 482 g/mol. The maximum atomic E-state index is 12.8. The van der Waals surface area contributed by atoms with E-state index in [4.69, 9.17) is 23.2 Å². The van der Waals surface area contributed by atoms with Crippen molar-refractivity contribution in [2.75, 3.05) is 49.8 Å². The molecule has 1 saturated heterocycles. The van der Waals surface area contributed by atoms with Crippen molar-refractivity contribution in [1.29, 1.82) is 0 Å². The van der Waals surface area contributed by atoms with Crippen LogP contribution in [-0.4, -0.2) is 69.6 Å². The minimum atomic E-state index is -3.72. The van der Waals surface area contributed by atoms with Gasteiger partial charge in [0.2, 0.25) is 15.9 Å². The van der Waals surface area contributed by atoms with Gasteiger partial charge in [0, 0.05) is 37.7 Å². The quantitative estimate of drug-likeness (QED) is 0.605. The Morgan fingerprint density at radius 1 is 1.06 bits per heavy atom. The fourth-order valence-electron chi connectivity index (χ4n) is 3.36. The van der Waals surface area contributed by atoms with Crippen molar-refractivity contribution in [1.82, 2.24) is 9.80 Å².